The fraction of sp³-hybridized carbons (Fsp3) is 0.600. The van der Waals surface area contributed by atoms with E-state index in [4.69, 9.17) is 14.6 Å². The Labute approximate surface area is 93.2 Å². The highest BCUT2D eigenvalue weighted by Crippen LogP contribution is 2.17. The monoisotopic (exact) mass is 229 g/mol. The average Bonchev–Trinajstić information content (AvgIpc) is 2.62. The Kier molecular flexibility index (Phi) is 4.78. The van der Waals surface area contributed by atoms with Gasteiger partial charge in [0.2, 0.25) is 0 Å². The molecule has 1 aliphatic heterocycles. The Morgan fingerprint density at radius 2 is 2.31 bits per heavy atom. The van der Waals surface area contributed by atoms with Gasteiger partial charge in [0.25, 0.3) is 0 Å². The van der Waals surface area contributed by atoms with Crippen molar-refractivity contribution in [3.8, 4) is 0 Å². The van der Waals surface area contributed by atoms with Crippen molar-refractivity contribution in [1.29, 1.82) is 0 Å². The van der Waals surface area contributed by atoms with Gasteiger partial charge in [-0.1, -0.05) is 12.7 Å². The third-order valence-corrected chi connectivity index (χ3v) is 2.27. The Balaban J connectivity index is 2.36. The van der Waals surface area contributed by atoms with Crippen LogP contribution in [0.4, 0.5) is 4.79 Å². The molecule has 1 amide bonds. The maximum Gasteiger partial charge on any atom is 0.407 e. The molecule has 1 saturated heterocycles. The van der Waals surface area contributed by atoms with Gasteiger partial charge in [0, 0.05) is 5.92 Å². The molecular weight excluding hydrogens is 214 g/mol. The first kappa shape index (κ1) is 12.5. The van der Waals surface area contributed by atoms with E-state index >= 15 is 0 Å². The second kappa shape index (κ2) is 6.12. The second-order valence-electron chi connectivity index (χ2n) is 3.53. The minimum absolute atomic E-state index is 0.0214. The third-order valence-electron chi connectivity index (χ3n) is 2.27. The fourth-order valence-corrected chi connectivity index (χ4v) is 1.51. The number of carboxylic acid groups (broad SMARTS) is 1. The molecular formula is C10H15NO5. The van der Waals surface area contributed by atoms with Gasteiger partial charge in [-0.25, -0.2) is 4.79 Å². The van der Waals surface area contributed by atoms with Crippen molar-refractivity contribution in [3.63, 3.8) is 0 Å². The van der Waals surface area contributed by atoms with Crippen LogP contribution in [0.15, 0.2) is 12.7 Å². The van der Waals surface area contributed by atoms with Crippen LogP contribution in [0.1, 0.15) is 6.42 Å². The predicted octanol–water partition coefficient (Wildman–Crippen LogP) is 0.388. The summed E-state index contributed by atoms with van der Waals surface area (Å²) in [6.45, 7) is 4.21. The summed E-state index contributed by atoms with van der Waals surface area (Å²) in [6.07, 6.45) is 0.858. The largest absolute Gasteiger partial charge is 0.481 e. The molecule has 16 heavy (non-hydrogen) atoms. The number of carbonyl (C=O) groups excluding carboxylic acids is 1. The maximum absolute atomic E-state index is 11.2. The molecule has 0 spiro atoms. The first-order chi connectivity index (χ1) is 7.63. The standard InChI is InChI=1S/C10H15NO5/c1-2-3-16-10(14)11-8-6-15-5-7(8)4-9(12)13/h2,7-8H,1,3-6H2,(H,11,14)(H,12,13). The van der Waals surface area contributed by atoms with Crippen molar-refractivity contribution < 1.29 is 24.2 Å². The number of amides is 1. The molecule has 1 aliphatic rings. The van der Waals surface area contributed by atoms with Gasteiger partial charge in [-0.2, -0.15) is 0 Å². The van der Waals surface area contributed by atoms with Gasteiger partial charge in [-0.15, -0.1) is 0 Å². The summed E-state index contributed by atoms with van der Waals surface area (Å²) in [4.78, 5) is 21.8. The van der Waals surface area contributed by atoms with Gasteiger partial charge in [0.05, 0.1) is 25.7 Å². The van der Waals surface area contributed by atoms with E-state index in [1.54, 1.807) is 0 Å². The van der Waals surface area contributed by atoms with Crippen LogP contribution in [-0.4, -0.2) is 43.0 Å². The first-order valence-corrected chi connectivity index (χ1v) is 4.97. The fourth-order valence-electron chi connectivity index (χ4n) is 1.51. The zero-order valence-corrected chi connectivity index (χ0v) is 8.85. The average molecular weight is 229 g/mol. The molecule has 2 atom stereocenters. The molecule has 2 N–H and O–H groups in total. The van der Waals surface area contributed by atoms with Gasteiger partial charge >= 0.3 is 12.1 Å². The molecule has 6 heteroatoms. The van der Waals surface area contributed by atoms with Crippen LogP contribution >= 0.6 is 0 Å². The topological polar surface area (TPSA) is 84.9 Å². The minimum Gasteiger partial charge on any atom is -0.481 e. The van der Waals surface area contributed by atoms with Crippen LogP contribution in [0.3, 0.4) is 0 Å². The summed E-state index contributed by atoms with van der Waals surface area (Å²) >= 11 is 0. The summed E-state index contributed by atoms with van der Waals surface area (Å²) in [5.74, 6) is -1.10. The van der Waals surface area contributed by atoms with E-state index < -0.39 is 12.1 Å². The number of carboxylic acids is 1. The van der Waals surface area contributed by atoms with Gasteiger partial charge < -0.3 is 19.9 Å². The number of carbonyl (C=O) groups is 2. The van der Waals surface area contributed by atoms with Crippen LogP contribution in [0.25, 0.3) is 0 Å². The SMILES string of the molecule is C=CCOC(=O)NC1COCC1CC(=O)O. The molecule has 0 radical (unpaired) electrons. The molecule has 1 heterocycles. The number of hydrogen-bond acceptors (Lipinski definition) is 4. The molecule has 0 saturated carbocycles. The van der Waals surface area contributed by atoms with E-state index in [2.05, 4.69) is 11.9 Å². The smallest absolute Gasteiger partial charge is 0.407 e. The molecule has 2 unspecified atom stereocenters. The van der Waals surface area contributed by atoms with Crippen molar-refractivity contribution in [2.24, 2.45) is 5.92 Å². The Hall–Kier alpha value is -1.56. The van der Waals surface area contributed by atoms with Crippen molar-refractivity contribution in [1.82, 2.24) is 5.32 Å². The van der Waals surface area contributed by atoms with Crippen molar-refractivity contribution in [3.05, 3.63) is 12.7 Å². The van der Waals surface area contributed by atoms with E-state index in [-0.39, 0.29) is 25.0 Å². The van der Waals surface area contributed by atoms with E-state index in [1.807, 2.05) is 0 Å². The molecule has 1 rings (SSSR count). The lowest BCUT2D eigenvalue weighted by molar-refractivity contribution is -0.138. The summed E-state index contributed by atoms with van der Waals surface area (Å²) in [6, 6.07) is -0.298. The van der Waals surface area contributed by atoms with Gasteiger partial charge in [0.15, 0.2) is 0 Å². The molecule has 0 aromatic rings. The Morgan fingerprint density at radius 1 is 1.56 bits per heavy atom. The van der Waals surface area contributed by atoms with E-state index in [0.717, 1.165) is 0 Å². The van der Waals surface area contributed by atoms with Crippen LogP contribution in [0.2, 0.25) is 0 Å². The molecule has 90 valence electrons. The second-order valence-corrected chi connectivity index (χ2v) is 3.53. The van der Waals surface area contributed by atoms with Gasteiger partial charge in [0.1, 0.15) is 6.61 Å². The first-order valence-electron chi connectivity index (χ1n) is 4.97. The van der Waals surface area contributed by atoms with Crippen LogP contribution in [0.5, 0.6) is 0 Å². The number of hydrogen-bond donors (Lipinski definition) is 2. The lowest BCUT2D eigenvalue weighted by Gasteiger charge is -2.16. The quantitative estimate of drug-likeness (QED) is 0.666. The van der Waals surface area contributed by atoms with Crippen molar-refractivity contribution in [2.75, 3.05) is 19.8 Å². The van der Waals surface area contributed by atoms with E-state index in [9.17, 15) is 9.59 Å². The third kappa shape index (κ3) is 3.90. The van der Waals surface area contributed by atoms with Gasteiger partial charge in [-0.3, -0.25) is 4.79 Å². The van der Waals surface area contributed by atoms with Crippen LogP contribution in [0, 0.1) is 5.92 Å². The number of nitrogens with one attached hydrogen (secondary N) is 1. The highest BCUT2D eigenvalue weighted by molar-refractivity contribution is 5.69. The molecule has 0 aromatic carbocycles. The lowest BCUT2D eigenvalue weighted by atomic mass is 10.0. The zero-order chi connectivity index (χ0) is 12.0. The number of alkyl carbamates (subject to hydrolysis) is 1. The molecule has 0 aliphatic carbocycles. The van der Waals surface area contributed by atoms with Crippen molar-refractivity contribution in [2.45, 2.75) is 12.5 Å². The number of ether oxygens (including phenoxy) is 2. The van der Waals surface area contributed by atoms with Crippen LogP contribution < -0.4 is 5.32 Å². The molecule has 1 fully saturated rings. The van der Waals surface area contributed by atoms with Gasteiger partial charge in [-0.05, 0) is 0 Å². The van der Waals surface area contributed by atoms with E-state index in [1.165, 1.54) is 6.08 Å². The van der Waals surface area contributed by atoms with E-state index in [0.29, 0.717) is 13.2 Å². The molecule has 0 aromatic heterocycles. The Morgan fingerprint density at radius 3 is 2.94 bits per heavy atom. The molecule has 0 bridgehead atoms. The highest BCUT2D eigenvalue weighted by atomic mass is 16.5. The highest BCUT2D eigenvalue weighted by Gasteiger charge is 2.31. The predicted molar refractivity (Wildman–Crippen MR) is 55.0 cm³/mol. The normalized spacial score (nSPS) is 23.8. The molecule has 6 nitrogen and oxygen atoms in total. The van der Waals surface area contributed by atoms with Crippen molar-refractivity contribution >= 4 is 12.1 Å². The summed E-state index contributed by atoms with van der Waals surface area (Å²) in [7, 11) is 0. The number of aliphatic carboxylic acids is 1. The Bertz CT molecular complexity index is 278. The van der Waals surface area contributed by atoms with Crippen LogP contribution in [-0.2, 0) is 14.3 Å². The minimum atomic E-state index is -0.901. The number of rotatable bonds is 5. The zero-order valence-electron chi connectivity index (χ0n) is 8.85. The summed E-state index contributed by atoms with van der Waals surface area (Å²) in [5.41, 5.74) is 0. The summed E-state index contributed by atoms with van der Waals surface area (Å²) < 4.78 is 9.86. The lowest BCUT2D eigenvalue weighted by Crippen LogP contribution is -2.40. The maximum atomic E-state index is 11.2. The summed E-state index contributed by atoms with van der Waals surface area (Å²) in [5, 5.41) is 11.2.